The molecule has 8 nitrogen and oxygen atoms in total. The number of carbonyl (C=O) groups excluding carboxylic acids is 1. The van der Waals surface area contributed by atoms with Crippen LogP contribution in [0.25, 0.3) is 5.69 Å². The number of anilines is 2. The van der Waals surface area contributed by atoms with Gasteiger partial charge in [-0.25, -0.2) is 0 Å². The Balaban J connectivity index is 1.20. The van der Waals surface area contributed by atoms with E-state index in [9.17, 15) is 14.9 Å². The van der Waals surface area contributed by atoms with Crippen molar-refractivity contribution in [3.8, 4) is 11.8 Å². The van der Waals surface area contributed by atoms with Crippen molar-refractivity contribution >= 4 is 39.5 Å². The van der Waals surface area contributed by atoms with E-state index in [1.807, 2.05) is 23.1 Å². The molecular formula is C24H23ClN6O2S. The molecule has 2 aliphatic rings. The number of hydrogen-bond donors (Lipinski definition) is 1. The number of piperazine rings is 1. The second-order valence-electron chi connectivity index (χ2n) is 8.38. The van der Waals surface area contributed by atoms with E-state index in [-0.39, 0.29) is 23.0 Å². The summed E-state index contributed by atoms with van der Waals surface area (Å²) in [5.74, 6) is -0.116. The smallest absolute Gasteiger partial charge is 0.292 e. The molecule has 0 radical (unpaired) electrons. The van der Waals surface area contributed by atoms with Crippen LogP contribution in [0.2, 0.25) is 5.02 Å². The summed E-state index contributed by atoms with van der Waals surface area (Å²) in [6.07, 6.45) is 4.60. The first-order valence-corrected chi connectivity index (χ1v) is 12.4. The van der Waals surface area contributed by atoms with Crippen LogP contribution in [0.15, 0.2) is 41.3 Å². The molecule has 0 bridgehead atoms. The number of nitriles is 1. The van der Waals surface area contributed by atoms with Crippen LogP contribution in [0.3, 0.4) is 0 Å². The summed E-state index contributed by atoms with van der Waals surface area (Å²) < 4.78 is 1.29. The number of para-hydroxylation sites is 1. The number of aryl methyl sites for hydroxylation is 1. The molecule has 0 atom stereocenters. The van der Waals surface area contributed by atoms with Crippen LogP contribution in [0.5, 0.6) is 0 Å². The van der Waals surface area contributed by atoms with Crippen molar-refractivity contribution in [3.63, 3.8) is 0 Å². The van der Waals surface area contributed by atoms with Crippen LogP contribution in [0.4, 0.5) is 10.7 Å². The van der Waals surface area contributed by atoms with Crippen LogP contribution >= 0.6 is 22.9 Å². The highest BCUT2D eigenvalue weighted by atomic mass is 35.5. The third-order valence-electron chi connectivity index (χ3n) is 6.27. The number of halogens is 1. The number of nitrogens with one attached hydrogen (secondary N) is 1. The fraction of sp³-hybridized carbons (Fsp3) is 0.333. The Morgan fingerprint density at radius 3 is 2.68 bits per heavy atom. The molecule has 2 aromatic heterocycles. The molecule has 1 amide bonds. The van der Waals surface area contributed by atoms with Gasteiger partial charge in [-0.3, -0.25) is 14.5 Å². The number of nitrogens with zero attached hydrogens (tertiary/aromatic N) is 5. The van der Waals surface area contributed by atoms with Gasteiger partial charge in [-0.15, -0.1) is 11.3 Å². The Labute approximate surface area is 206 Å². The molecule has 10 heteroatoms. The maximum absolute atomic E-state index is 12.8. The number of amides is 1. The van der Waals surface area contributed by atoms with Crippen LogP contribution in [0.1, 0.15) is 22.4 Å². The summed E-state index contributed by atoms with van der Waals surface area (Å²) in [4.78, 5) is 30.7. The molecule has 1 aliphatic heterocycles. The highest BCUT2D eigenvalue weighted by Crippen LogP contribution is 2.38. The molecule has 1 aromatic carbocycles. The molecule has 174 valence electrons. The monoisotopic (exact) mass is 494 g/mol. The summed E-state index contributed by atoms with van der Waals surface area (Å²) in [7, 11) is 0. The quantitative estimate of drug-likeness (QED) is 0.586. The van der Waals surface area contributed by atoms with Crippen molar-refractivity contribution in [2.45, 2.75) is 19.3 Å². The summed E-state index contributed by atoms with van der Waals surface area (Å²) >= 11 is 7.96. The van der Waals surface area contributed by atoms with E-state index in [0.717, 1.165) is 24.8 Å². The lowest BCUT2D eigenvalue weighted by Gasteiger charge is -2.35. The first kappa shape index (κ1) is 22.6. The zero-order chi connectivity index (χ0) is 23.7. The van der Waals surface area contributed by atoms with Gasteiger partial charge in [0.25, 0.3) is 5.56 Å². The molecule has 34 heavy (non-hydrogen) atoms. The van der Waals surface area contributed by atoms with E-state index in [2.05, 4.69) is 21.4 Å². The topological polar surface area (TPSA) is 94.3 Å². The summed E-state index contributed by atoms with van der Waals surface area (Å²) in [5, 5.41) is 17.6. The highest BCUT2D eigenvalue weighted by molar-refractivity contribution is 7.16. The fourth-order valence-electron chi connectivity index (χ4n) is 4.52. The van der Waals surface area contributed by atoms with Crippen molar-refractivity contribution in [2.24, 2.45) is 0 Å². The van der Waals surface area contributed by atoms with Crippen molar-refractivity contribution in [3.05, 3.63) is 67.9 Å². The predicted octanol–water partition coefficient (Wildman–Crippen LogP) is 3.07. The number of benzene rings is 1. The minimum atomic E-state index is -0.358. The number of aromatic nitrogens is 2. The van der Waals surface area contributed by atoms with Crippen molar-refractivity contribution in [1.29, 1.82) is 5.26 Å². The molecule has 3 aromatic rings. The normalized spacial score (nSPS) is 15.7. The standard InChI is InChI=1S/C24H23ClN6O2S/c25-22-19(14-27-31(24(22)33)16-5-2-1-3-6-16)30-11-9-29(10-12-30)15-21(32)28-23-18(13-26)17-7-4-8-20(17)34-23/h1-3,5-6,14H,4,7-12,15H2,(H,28,32). The average molecular weight is 495 g/mol. The zero-order valence-corrected chi connectivity index (χ0v) is 20.0. The molecular weight excluding hydrogens is 472 g/mol. The van der Waals surface area contributed by atoms with Gasteiger partial charge in [0.1, 0.15) is 16.1 Å². The van der Waals surface area contributed by atoms with E-state index < -0.39 is 0 Å². The molecule has 3 heterocycles. The largest absolute Gasteiger partial charge is 0.366 e. The Morgan fingerprint density at radius 2 is 1.94 bits per heavy atom. The van der Waals surface area contributed by atoms with E-state index in [1.165, 1.54) is 20.9 Å². The van der Waals surface area contributed by atoms with Crippen molar-refractivity contribution in [1.82, 2.24) is 14.7 Å². The van der Waals surface area contributed by atoms with Gasteiger partial charge in [0, 0.05) is 31.1 Å². The molecule has 1 fully saturated rings. The summed E-state index contributed by atoms with van der Waals surface area (Å²) in [6, 6.07) is 11.4. The van der Waals surface area contributed by atoms with Gasteiger partial charge in [0.2, 0.25) is 5.91 Å². The van der Waals surface area contributed by atoms with Gasteiger partial charge in [0.05, 0.1) is 29.7 Å². The molecule has 1 N–H and O–H groups in total. The third-order valence-corrected chi connectivity index (χ3v) is 7.83. The van der Waals surface area contributed by atoms with Gasteiger partial charge in [-0.05, 0) is 37.0 Å². The second kappa shape index (κ2) is 9.58. The molecule has 0 saturated carbocycles. The van der Waals surface area contributed by atoms with E-state index in [4.69, 9.17) is 11.6 Å². The molecule has 0 unspecified atom stereocenters. The van der Waals surface area contributed by atoms with E-state index >= 15 is 0 Å². The van der Waals surface area contributed by atoms with Crippen LogP contribution < -0.4 is 15.8 Å². The number of thiophene rings is 1. The third kappa shape index (κ3) is 4.32. The zero-order valence-electron chi connectivity index (χ0n) is 18.5. The maximum atomic E-state index is 12.8. The first-order chi connectivity index (χ1) is 16.5. The first-order valence-electron chi connectivity index (χ1n) is 11.2. The van der Waals surface area contributed by atoms with Crippen molar-refractivity contribution in [2.75, 3.05) is 42.9 Å². The Morgan fingerprint density at radius 1 is 1.18 bits per heavy atom. The Bertz CT molecular complexity index is 1320. The fourth-order valence-corrected chi connectivity index (χ4v) is 6.03. The Hall–Kier alpha value is -3.19. The summed E-state index contributed by atoms with van der Waals surface area (Å²) in [6.45, 7) is 2.80. The molecule has 0 spiro atoms. The van der Waals surface area contributed by atoms with E-state index in [0.29, 0.717) is 48.1 Å². The van der Waals surface area contributed by atoms with Crippen LogP contribution in [-0.2, 0) is 17.6 Å². The predicted molar refractivity (Wildman–Crippen MR) is 133 cm³/mol. The number of hydrogen-bond acceptors (Lipinski definition) is 7. The average Bonchev–Trinajstić information content (AvgIpc) is 3.43. The van der Waals surface area contributed by atoms with Gasteiger partial charge < -0.3 is 10.2 Å². The highest BCUT2D eigenvalue weighted by Gasteiger charge is 2.25. The Kier molecular flexibility index (Phi) is 6.37. The van der Waals surface area contributed by atoms with Crippen LogP contribution in [-0.4, -0.2) is 53.3 Å². The number of carbonyl (C=O) groups is 1. The molecule has 1 aliphatic carbocycles. The van der Waals surface area contributed by atoms with Gasteiger partial charge in [-0.1, -0.05) is 29.8 Å². The molecule has 1 saturated heterocycles. The molecule has 5 rings (SSSR count). The lowest BCUT2D eigenvalue weighted by atomic mass is 10.1. The summed E-state index contributed by atoms with van der Waals surface area (Å²) in [5.41, 5.74) is 2.64. The van der Waals surface area contributed by atoms with Crippen molar-refractivity contribution < 1.29 is 4.79 Å². The van der Waals surface area contributed by atoms with Gasteiger partial charge in [-0.2, -0.15) is 15.0 Å². The SMILES string of the molecule is N#Cc1c(NC(=O)CN2CCN(c3cnn(-c4ccccc4)c(=O)c3Cl)CC2)sc2c1CCC2. The second-order valence-corrected chi connectivity index (χ2v) is 9.86. The maximum Gasteiger partial charge on any atom is 0.292 e. The van der Waals surface area contributed by atoms with E-state index in [1.54, 1.807) is 18.3 Å². The lowest BCUT2D eigenvalue weighted by Crippen LogP contribution is -2.49. The minimum Gasteiger partial charge on any atom is -0.366 e. The number of rotatable bonds is 5. The van der Waals surface area contributed by atoms with Gasteiger partial charge >= 0.3 is 0 Å². The van der Waals surface area contributed by atoms with Gasteiger partial charge in [0.15, 0.2) is 0 Å². The minimum absolute atomic E-state index is 0.116. The lowest BCUT2D eigenvalue weighted by molar-refractivity contribution is -0.117. The van der Waals surface area contributed by atoms with Crippen LogP contribution in [0, 0.1) is 11.3 Å². The number of fused-ring (bicyclic) bond motifs is 1.